The zero-order valence-electron chi connectivity index (χ0n) is 14.5. The molecule has 126 valence electrons. The number of aromatic nitrogens is 4. The molecule has 0 unspecified atom stereocenters. The zero-order chi connectivity index (χ0) is 16.7. The topological polar surface area (TPSA) is 64.3 Å². The fraction of sp³-hybridized carbons (Fsp3) is 0.500. The second-order valence-electron chi connectivity index (χ2n) is 6.52. The van der Waals surface area contributed by atoms with Gasteiger partial charge in [0.25, 0.3) is 0 Å². The Balaban J connectivity index is 1.83. The van der Waals surface area contributed by atoms with Gasteiger partial charge >= 0.3 is 0 Å². The summed E-state index contributed by atoms with van der Waals surface area (Å²) in [6.45, 7) is 7.88. The molecular formula is C18H23N5O. The molecule has 1 aliphatic rings. The summed E-state index contributed by atoms with van der Waals surface area (Å²) in [5.74, 6) is 0.961. The van der Waals surface area contributed by atoms with Crippen molar-refractivity contribution >= 4 is 22.5 Å². The van der Waals surface area contributed by atoms with E-state index in [1.165, 1.54) is 5.56 Å². The van der Waals surface area contributed by atoms with E-state index in [9.17, 15) is 0 Å². The van der Waals surface area contributed by atoms with Crippen molar-refractivity contribution in [2.45, 2.75) is 46.1 Å². The molecule has 24 heavy (non-hydrogen) atoms. The second kappa shape index (κ2) is 6.02. The van der Waals surface area contributed by atoms with Crippen molar-refractivity contribution in [2.24, 2.45) is 0 Å². The fourth-order valence-electron chi connectivity index (χ4n) is 3.40. The van der Waals surface area contributed by atoms with Gasteiger partial charge in [0.15, 0.2) is 11.3 Å². The smallest absolute Gasteiger partial charge is 0.184 e. The molecule has 3 aromatic heterocycles. The van der Waals surface area contributed by atoms with Crippen LogP contribution in [0.1, 0.15) is 36.7 Å². The molecule has 6 heteroatoms. The Bertz CT molecular complexity index is 895. The molecule has 1 fully saturated rings. The lowest BCUT2D eigenvalue weighted by molar-refractivity contribution is 0.120. The predicted octanol–water partition coefficient (Wildman–Crippen LogP) is 3.05. The molecule has 4 rings (SSSR count). The van der Waals surface area contributed by atoms with Crippen molar-refractivity contribution in [1.29, 1.82) is 0 Å². The molecule has 0 amide bonds. The molecule has 0 radical (unpaired) electrons. The number of nitrogens with one attached hydrogen (secondary N) is 1. The summed E-state index contributed by atoms with van der Waals surface area (Å²) in [5.41, 5.74) is 4.84. The van der Waals surface area contributed by atoms with Crippen molar-refractivity contribution in [3.05, 3.63) is 29.1 Å². The first-order chi connectivity index (χ1) is 11.7. The summed E-state index contributed by atoms with van der Waals surface area (Å²) < 4.78 is 7.60. The number of fused-ring (bicyclic) bond motifs is 3. The first kappa shape index (κ1) is 15.3. The molecule has 0 saturated carbocycles. The van der Waals surface area contributed by atoms with Gasteiger partial charge < -0.3 is 10.1 Å². The summed E-state index contributed by atoms with van der Waals surface area (Å²) >= 11 is 0. The van der Waals surface area contributed by atoms with E-state index in [0.29, 0.717) is 0 Å². The molecule has 0 spiro atoms. The predicted molar refractivity (Wildman–Crippen MR) is 94.6 cm³/mol. The van der Waals surface area contributed by atoms with E-state index in [-0.39, 0.29) is 6.10 Å². The van der Waals surface area contributed by atoms with Crippen LogP contribution in [0.4, 0.5) is 5.82 Å². The summed E-state index contributed by atoms with van der Waals surface area (Å²) in [5, 5.41) is 9.24. The van der Waals surface area contributed by atoms with Crippen molar-refractivity contribution in [2.75, 3.05) is 18.5 Å². The average Bonchev–Trinajstić information content (AvgIpc) is 3.19. The highest BCUT2D eigenvalue weighted by Gasteiger charge is 2.18. The minimum atomic E-state index is 0.283. The van der Waals surface area contributed by atoms with Crippen LogP contribution in [0.25, 0.3) is 16.7 Å². The van der Waals surface area contributed by atoms with E-state index in [4.69, 9.17) is 14.8 Å². The van der Waals surface area contributed by atoms with Crippen LogP contribution in [0.15, 0.2) is 12.1 Å². The highest BCUT2D eigenvalue weighted by atomic mass is 16.5. The number of rotatable bonds is 4. The summed E-state index contributed by atoms with van der Waals surface area (Å²) in [6.07, 6.45) is 3.43. The van der Waals surface area contributed by atoms with Gasteiger partial charge in [-0.3, -0.25) is 0 Å². The van der Waals surface area contributed by atoms with Gasteiger partial charge in [-0.2, -0.15) is 4.52 Å². The zero-order valence-corrected chi connectivity index (χ0v) is 14.5. The van der Waals surface area contributed by atoms with Crippen molar-refractivity contribution < 1.29 is 4.74 Å². The molecule has 6 nitrogen and oxygen atoms in total. The number of pyridine rings is 1. The monoisotopic (exact) mass is 325 g/mol. The Morgan fingerprint density at radius 3 is 2.92 bits per heavy atom. The van der Waals surface area contributed by atoms with E-state index in [1.807, 2.05) is 11.4 Å². The number of nitrogens with zero attached hydrogens (tertiary/aromatic N) is 4. The molecule has 3 aromatic rings. The third-order valence-electron chi connectivity index (χ3n) is 4.62. The average molecular weight is 325 g/mol. The molecule has 0 aliphatic carbocycles. The number of aryl methyl sites for hydroxylation is 3. The van der Waals surface area contributed by atoms with Gasteiger partial charge in [-0.05, 0) is 44.7 Å². The number of hydrogen-bond acceptors (Lipinski definition) is 5. The van der Waals surface area contributed by atoms with Crippen molar-refractivity contribution in [1.82, 2.24) is 19.6 Å². The molecule has 1 aliphatic heterocycles. The third kappa shape index (κ3) is 2.60. The van der Waals surface area contributed by atoms with E-state index in [1.54, 1.807) is 0 Å². The Morgan fingerprint density at radius 1 is 1.29 bits per heavy atom. The van der Waals surface area contributed by atoms with E-state index >= 15 is 0 Å². The summed E-state index contributed by atoms with van der Waals surface area (Å²) in [4.78, 5) is 9.39. The highest BCUT2D eigenvalue weighted by molar-refractivity contribution is 5.93. The van der Waals surface area contributed by atoms with Gasteiger partial charge in [0, 0.05) is 30.6 Å². The van der Waals surface area contributed by atoms with E-state index < -0.39 is 0 Å². The van der Waals surface area contributed by atoms with E-state index in [2.05, 4.69) is 36.3 Å². The second-order valence-corrected chi connectivity index (χ2v) is 6.52. The molecule has 0 bridgehead atoms. The maximum Gasteiger partial charge on any atom is 0.184 e. The first-order valence-electron chi connectivity index (χ1n) is 8.68. The van der Waals surface area contributed by atoms with Crippen LogP contribution < -0.4 is 5.32 Å². The Labute approximate surface area is 141 Å². The Hall–Kier alpha value is -2.21. The number of hydrogen-bond donors (Lipinski definition) is 1. The molecule has 0 aromatic carbocycles. The first-order valence-corrected chi connectivity index (χ1v) is 8.68. The lowest BCUT2D eigenvalue weighted by atomic mass is 10.2. The lowest BCUT2D eigenvalue weighted by Gasteiger charge is -2.13. The van der Waals surface area contributed by atoms with Gasteiger partial charge in [0.2, 0.25) is 0 Å². The quantitative estimate of drug-likeness (QED) is 0.799. The molecule has 1 N–H and O–H groups in total. The van der Waals surface area contributed by atoms with Gasteiger partial charge in [-0.1, -0.05) is 6.92 Å². The third-order valence-corrected chi connectivity index (χ3v) is 4.62. The SMILES string of the molecule is CCc1cc(NC[C@H]2CCCO2)n2nc3nc(C)cc(C)c3c2n1. The Morgan fingerprint density at radius 2 is 2.17 bits per heavy atom. The largest absolute Gasteiger partial charge is 0.376 e. The van der Waals surface area contributed by atoms with Crippen LogP contribution in [0.2, 0.25) is 0 Å². The maximum atomic E-state index is 5.72. The minimum absolute atomic E-state index is 0.283. The van der Waals surface area contributed by atoms with Crippen molar-refractivity contribution in [3.8, 4) is 0 Å². The standard InChI is InChI=1S/C18H23N5O/c1-4-13-9-15(19-10-14-6-5-7-24-14)23-18(21-13)16-11(2)8-12(3)20-17(16)22-23/h8-9,14,19H,4-7,10H2,1-3H3/t14-/m1/s1. The normalized spacial score (nSPS) is 17.9. The van der Waals surface area contributed by atoms with Crippen LogP contribution in [0.3, 0.4) is 0 Å². The maximum absolute atomic E-state index is 5.72. The number of anilines is 1. The van der Waals surface area contributed by atoms with Crippen LogP contribution in [-0.4, -0.2) is 38.8 Å². The molecule has 1 atom stereocenters. The van der Waals surface area contributed by atoms with Gasteiger partial charge in [-0.25, -0.2) is 9.97 Å². The lowest BCUT2D eigenvalue weighted by Crippen LogP contribution is -2.20. The van der Waals surface area contributed by atoms with Crippen LogP contribution in [0, 0.1) is 13.8 Å². The highest BCUT2D eigenvalue weighted by Crippen LogP contribution is 2.25. The van der Waals surface area contributed by atoms with Gasteiger partial charge in [0.05, 0.1) is 11.5 Å². The molecular weight excluding hydrogens is 302 g/mol. The summed E-state index contributed by atoms with van der Waals surface area (Å²) in [7, 11) is 0. The summed E-state index contributed by atoms with van der Waals surface area (Å²) in [6, 6.07) is 4.17. The van der Waals surface area contributed by atoms with Crippen LogP contribution in [-0.2, 0) is 11.2 Å². The van der Waals surface area contributed by atoms with E-state index in [0.717, 1.165) is 66.3 Å². The minimum Gasteiger partial charge on any atom is -0.376 e. The van der Waals surface area contributed by atoms with Gasteiger partial charge in [0.1, 0.15) is 5.82 Å². The molecule has 4 heterocycles. The molecule has 1 saturated heterocycles. The van der Waals surface area contributed by atoms with Crippen LogP contribution in [0.5, 0.6) is 0 Å². The Kier molecular flexibility index (Phi) is 3.84. The van der Waals surface area contributed by atoms with Gasteiger partial charge in [-0.15, -0.1) is 5.10 Å². The fourth-order valence-corrected chi connectivity index (χ4v) is 3.40. The van der Waals surface area contributed by atoms with Crippen LogP contribution >= 0.6 is 0 Å². The number of ether oxygens (including phenoxy) is 1. The van der Waals surface area contributed by atoms with Crippen molar-refractivity contribution in [3.63, 3.8) is 0 Å².